The number of carbonyl (C=O) groups is 2. The van der Waals surface area contributed by atoms with Crippen LogP contribution >= 0.6 is 11.6 Å². The number of nitrogens with one attached hydrogen (secondary N) is 2. The molecule has 3 N–H and O–H groups in total. The van der Waals surface area contributed by atoms with Crippen LogP contribution in [0.25, 0.3) is 0 Å². The number of imide groups is 1. The first-order valence-electron chi connectivity index (χ1n) is 12.5. The number of allylic oxidation sites excluding steroid dienone is 1. The van der Waals surface area contributed by atoms with Crippen molar-refractivity contribution >= 4 is 34.4 Å². The number of alkyl halides is 1. The van der Waals surface area contributed by atoms with Gasteiger partial charge in [-0.05, 0) is 50.9 Å². The van der Waals surface area contributed by atoms with Crippen LogP contribution in [0.2, 0.25) is 0 Å². The second kappa shape index (κ2) is 12.3. The fraction of sp³-hybridized carbons (Fsp3) is 0.630. The lowest BCUT2D eigenvalue weighted by Gasteiger charge is -2.48. The summed E-state index contributed by atoms with van der Waals surface area (Å²) in [4.78, 5) is 24.1. The maximum absolute atomic E-state index is 12.5. The Morgan fingerprint density at radius 3 is 2.49 bits per heavy atom. The van der Waals surface area contributed by atoms with E-state index >= 15 is 0 Å². The first kappa shape index (κ1) is 30.3. The quantitative estimate of drug-likeness (QED) is 0.181. The van der Waals surface area contributed by atoms with E-state index in [9.17, 15) is 14.7 Å². The van der Waals surface area contributed by atoms with E-state index < -0.39 is 29.2 Å². The van der Waals surface area contributed by atoms with Crippen LogP contribution in [0.5, 0.6) is 0 Å². The number of halogens is 2. The monoisotopic (exact) mass is 572 g/mol. The number of amides is 3. The van der Waals surface area contributed by atoms with Gasteiger partial charge in [-0.15, -0.1) is 11.6 Å². The fourth-order valence-electron chi connectivity index (χ4n) is 6.06. The number of hydrogen-bond donors (Lipinski definition) is 3. The second-order valence-electron chi connectivity index (χ2n) is 10.7. The number of hydrogen-bond acceptors (Lipinski definition) is 5. The number of epoxide rings is 1. The van der Waals surface area contributed by atoms with Gasteiger partial charge in [0, 0.05) is 18.2 Å². The van der Waals surface area contributed by atoms with Crippen LogP contribution in [0.15, 0.2) is 35.9 Å². The van der Waals surface area contributed by atoms with Gasteiger partial charge < -0.3 is 32.3 Å². The minimum Gasteiger partial charge on any atom is -1.00 e. The summed E-state index contributed by atoms with van der Waals surface area (Å²) in [5, 5.41) is 17.4. The van der Waals surface area contributed by atoms with Crippen LogP contribution in [0.3, 0.4) is 0 Å². The zero-order valence-corrected chi connectivity index (χ0v) is 24.2. The molecule has 37 heavy (non-hydrogen) atoms. The molecule has 0 aromatic heterocycles. The van der Waals surface area contributed by atoms with Crippen molar-refractivity contribution in [1.29, 1.82) is 0 Å². The van der Waals surface area contributed by atoms with E-state index in [1.165, 1.54) is 16.7 Å². The van der Waals surface area contributed by atoms with Crippen LogP contribution < -0.4 is 23.0 Å². The van der Waals surface area contributed by atoms with Gasteiger partial charge in [0.25, 0.3) is 0 Å². The summed E-state index contributed by atoms with van der Waals surface area (Å²) in [6, 6.07) is 7.54. The van der Waals surface area contributed by atoms with Crippen molar-refractivity contribution < 1.29 is 36.6 Å². The Morgan fingerprint density at radius 1 is 1.27 bits per heavy atom. The molecule has 3 aliphatic rings. The number of rotatable bonds is 8. The highest BCUT2D eigenvalue weighted by molar-refractivity contribution is 7.95. The molecule has 1 aromatic carbocycles. The van der Waals surface area contributed by atoms with E-state index in [0.717, 1.165) is 17.9 Å². The third kappa shape index (κ3) is 6.65. The van der Waals surface area contributed by atoms with E-state index in [-0.39, 0.29) is 47.2 Å². The molecule has 206 valence electrons. The third-order valence-corrected chi connectivity index (χ3v) is 10.4. The number of aliphatic hydroxyl groups is 1. The first-order valence-corrected chi connectivity index (χ1v) is 14.8. The normalized spacial score (nSPS) is 32.6. The van der Waals surface area contributed by atoms with Gasteiger partial charge in [-0.1, -0.05) is 35.9 Å². The molecule has 10 heteroatoms. The zero-order chi connectivity index (χ0) is 26.1. The van der Waals surface area contributed by atoms with E-state index in [4.69, 9.17) is 21.1 Å². The summed E-state index contributed by atoms with van der Waals surface area (Å²) in [6.07, 6.45) is 3.47. The molecular weight excluding hydrogens is 535 g/mol. The molecule has 0 spiro atoms. The van der Waals surface area contributed by atoms with E-state index in [1.807, 2.05) is 0 Å². The average molecular weight is 574 g/mol. The van der Waals surface area contributed by atoms with Crippen molar-refractivity contribution in [2.45, 2.75) is 81.0 Å². The minimum atomic E-state index is -0.999. The Bertz CT molecular complexity index is 997. The van der Waals surface area contributed by atoms with Crippen LogP contribution in [0, 0.1) is 5.92 Å². The molecule has 0 unspecified atom stereocenters. The Kier molecular flexibility index (Phi) is 10.0. The number of methoxy groups -OCH3 is 1. The van der Waals surface area contributed by atoms with Gasteiger partial charge in [0.15, 0.2) is 0 Å². The topological polar surface area (TPSA) is 100 Å². The molecule has 1 saturated heterocycles. The van der Waals surface area contributed by atoms with Crippen molar-refractivity contribution in [1.82, 2.24) is 10.6 Å². The SMILES string of the molecule is CO[C@@H]1[C@H](NC(=O)NC(=O)CCl)CC[C@](O)(C[S+]2Cc3ccccc3C2)[C@H]1[C@@]1(C)O[C@@H]1CC=C(C)C.[Cl-]. The molecule has 1 aliphatic carbocycles. The highest BCUT2D eigenvalue weighted by atomic mass is 35.5. The van der Waals surface area contributed by atoms with Crippen LogP contribution in [-0.4, -0.2) is 65.2 Å². The number of urea groups is 1. The van der Waals surface area contributed by atoms with E-state index in [0.29, 0.717) is 18.6 Å². The highest BCUT2D eigenvalue weighted by Crippen LogP contribution is 2.55. The van der Waals surface area contributed by atoms with Crippen LogP contribution in [0.4, 0.5) is 4.79 Å². The molecule has 1 aromatic rings. The Balaban J connectivity index is 0.00000380. The van der Waals surface area contributed by atoms with Gasteiger partial charge in [-0.3, -0.25) is 10.1 Å². The summed E-state index contributed by atoms with van der Waals surface area (Å²) in [5.74, 6) is 1.43. The van der Waals surface area contributed by atoms with Gasteiger partial charge >= 0.3 is 6.03 Å². The summed E-state index contributed by atoms with van der Waals surface area (Å²) in [5.41, 5.74) is 2.38. The molecule has 6 atom stereocenters. The maximum Gasteiger partial charge on any atom is 0.321 e. The molecule has 2 aliphatic heterocycles. The first-order chi connectivity index (χ1) is 17.1. The van der Waals surface area contributed by atoms with Gasteiger partial charge in [-0.2, -0.15) is 0 Å². The number of ether oxygens (including phenoxy) is 2. The Labute approximate surface area is 233 Å². The summed E-state index contributed by atoms with van der Waals surface area (Å²) in [7, 11) is 1.62. The second-order valence-corrected chi connectivity index (χ2v) is 13.1. The lowest BCUT2D eigenvalue weighted by atomic mass is 9.65. The van der Waals surface area contributed by atoms with Gasteiger partial charge in [0.1, 0.15) is 34.3 Å². The van der Waals surface area contributed by atoms with E-state index in [1.54, 1.807) is 7.11 Å². The van der Waals surface area contributed by atoms with Crippen molar-refractivity contribution in [3.8, 4) is 0 Å². The largest absolute Gasteiger partial charge is 1.00 e. The zero-order valence-electron chi connectivity index (χ0n) is 21.9. The van der Waals surface area contributed by atoms with Crippen molar-refractivity contribution in [2.24, 2.45) is 5.92 Å². The summed E-state index contributed by atoms with van der Waals surface area (Å²) < 4.78 is 12.3. The Morgan fingerprint density at radius 2 is 1.92 bits per heavy atom. The smallest absolute Gasteiger partial charge is 0.321 e. The molecule has 2 heterocycles. The predicted octanol–water partition coefficient (Wildman–Crippen LogP) is 0.426. The molecule has 0 radical (unpaired) electrons. The Hall–Kier alpha value is -1.29. The standard InChI is InChI=1S/C27H37ClN2O5S.ClH/c1-17(2)9-10-21-26(3,35-21)24-23(34-4)20(29-25(32)30-22(31)13-28)11-12-27(24,33)16-36-14-18-7-5-6-8-19(18)15-36;/h5-9,20-21,23-24,33H,10-16H2,1-4H3,(H-,29,30,31,32);1H/t20-,21-,23-,24-,26+,27+;/m1./s1. The highest BCUT2D eigenvalue weighted by Gasteiger charge is 2.68. The molecule has 1 saturated carbocycles. The summed E-state index contributed by atoms with van der Waals surface area (Å²) >= 11 is 5.54. The number of carbonyl (C=O) groups excluding carboxylic acids is 2. The molecule has 0 bridgehead atoms. The van der Waals surface area contributed by atoms with Crippen LogP contribution in [0.1, 0.15) is 51.2 Å². The van der Waals surface area contributed by atoms with Gasteiger partial charge in [0.2, 0.25) is 5.91 Å². The summed E-state index contributed by atoms with van der Waals surface area (Å²) in [6.45, 7) is 6.19. The van der Waals surface area contributed by atoms with Gasteiger partial charge in [-0.25, -0.2) is 4.79 Å². The van der Waals surface area contributed by atoms with Crippen molar-refractivity contribution in [2.75, 3.05) is 18.7 Å². The molecule has 4 rings (SSSR count). The fourth-order valence-corrected chi connectivity index (χ4v) is 8.91. The predicted molar refractivity (Wildman–Crippen MR) is 143 cm³/mol. The maximum atomic E-state index is 12.5. The van der Waals surface area contributed by atoms with E-state index in [2.05, 4.69) is 61.7 Å². The number of benzene rings is 1. The molecule has 3 amide bonds. The lowest BCUT2D eigenvalue weighted by molar-refractivity contribution is -0.137. The molecule has 7 nitrogen and oxygen atoms in total. The van der Waals surface area contributed by atoms with Crippen molar-refractivity contribution in [3.05, 3.63) is 47.0 Å². The lowest BCUT2D eigenvalue weighted by Crippen LogP contribution is -3.00. The van der Waals surface area contributed by atoms with Crippen molar-refractivity contribution in [3.63, 3.8) is 0 Å². The number of fused-ring (bicyclic) bond motifs is 1. The minimum absolute atomic E-state index is 0. The van der Waals surface area contributed by atoms with Gasteiger partial charge in [0.05, 0.1) is 24.2 Å². The van der Waals surface area contributed by atoms with Crippen LogP contribution in [-0.2, 0) is 36.7 Å². The third-order valence-electron chi connectivity index (χ3n) is 7.78. The molecule has 2 fully saturated rings. The average Bonchev–Trinajstić information content (AvgIpc) is 3.31. The molecular formula is C27H38Cl2N2O5S.